The molecule has 0 atom stereocenters. The van der Waals surface area contributed by atoms with Gasteiger partial charge in [0.2, 0.25) is 5.91 Å². The molecule has 0 aliphatic carbocycles. The van der Waals surface area contributed by atoms with E-state index in [4.69, 9.17) is 0 Å². The van der Waals surface area contributed by atoms with Gasteiger partial charge in [-0.1, -0.05) is 39.0 Å². The van der Waals surface area contributed by atoms with Crippen molar-refractivity contribution < 1.29 is 9.90 Å². The maximum absolute atomic E-state index is 12.4. The molecule has 0 aliphatic rings. The quantitative estimate of drug-likeness (QED) is 0.776. The summed E-state index contributed by atoms with van der Waals surface area (Å²) < 4.78 is 0. The summed E-state index contributed by atoms with van der Waals surface area (Å²) in [5.41, 5.74) is 2.49. The molecule has 2 N–H and O–H groups in total. The zero-order valence-corrected chi connectivity index (χ0v) is 14.6. The molecule has 124 valence electrons. The van der Waals surface area contributed by atoms with E-state index < -0.39 is 5.60 Å². The van der Waals surface area contributed by atoms with Crippen molar-refractivity contribution in [3.05, 3.63) is 29.3 Å². The number of anilines is 1. The van der Waals surface area contributed by atoms with Gasteiger partial charge in [-0.05, 0) is 44.4 Å². The van der Waals surface area contributed by atoms with Crippen LogP contribution in [0, 0.1) is 0 Å². The first-order valence-corrected chi connectivity index (χ1v) is 8.16. The summed E-state index contributed by atoms with van der Waals surface area (Å²) in [5.74, 6) is -0.0262. The predicted octanol–water partition coefficient (Wildman–Crippen LogP) is 2.84. The molecule has 22 heavy (non-hydrogen) atoms. The number of benzene rings is 1. The number of likely N-dealkylation sites (N-methyl/N-ethyl adjacent to an activating group) is 1. The Bertz CT molecular complexity index is 470. The standard InChI is InChI=1S/C18H30N2O2/c1-6-14-10-9-11-15(7-2)17(14)19-16(21)12-20(8-3)13-18(4,5)22/h9-11,22H,6-8,12-13H2,1-5H3,(H,19,21). The van der Waals surface area contributed by atoms with E-state index in [0.717, 1.165) is 25.1 Å². The van der Waals surface area contributed by atoms with Gasteiger partial charge in [-0.2, -0.15) is 0 Å². The average Bonchev–Trinajstić information content (AvgIpc) is 2.45. The molecule has 0 spiro atoms. The average molecular weight is 306 g/mol. The third kappa shape index (κ3) is 5.78. The van der Waals surface area contributed by atoms with E-state index in [9.17, 15) is 9.90 Å². The molecular weight excluding hydrogens is 276 g/mol. The van der Waals surface area contributed by atoms with E-state index in [2.05, 4.69) is 31.3 Å². The van der Waals surface area contributed by atoms with Gasteiger partial charge in [-0.25, -0.2) is 0 Å². The van der Waals surface area contributed by atoms with Crippen LogP contribution in [0.4, 0.5) is 5.69 Å². The fraction of sp³-hybridized carbons (Fsp3) is 0.611. The second-order valence-electron chi connectivity index (χ2n) is 6.32. The number of hydrogen-bond donors (Lipinski definition) is 2. The highest BCUT2D eigenvalue weighted by atomic mass is 16.3. The van der Waals surface area contributed by atoms with Crippen molar-refractivity contribution in [2.24, 2.45) is 0 Å². The van der Waals surface area contributed by atoms with Crippen molar-refractivity contribution in [3.63, 3.8) is 0 Å². The van der Waals surface area contributed by atoms with Crippen LogP contribution in [0.25, 0.3) is 0 Å². The molecule has 0 fully saturated rings. The van der Waals surface area contributed by atoms with Crippen LogP contribution in [0.15, 0.2) is 18.2 Å². The molecule has 1 amide bonds. The maximum Gasteiger partial charge on any atom is 0.238 e. The molecule has 0 aromatic heterocycles. The Labute approximate surface area is 134 Å². The van der Waals surface area contributed by atoms with E-state index >= 15 is 0 Å². The van der Waals surface area contributed by atoms with Crippen molar-refractivity contribution in [1.29, 1.82) is 0 Å². The number of aliphatic hydroxyl groups is 1. The number of para-hydroxylation sites is 1. The van der Waals surface area contributed by atoms with Crippen LogP contribution in [0.3, 0.4) is 0 Å². The Morgan fingerprint density at radius 1 is 1.18 bits per heavy atom. The first-order valence-electron chi connectivity index (χ1n) is 8.16. The molecule has 0 radical (unpaired) electrons. The Hall–Kier alpha value is -1.39. The van der Waals surface area contributed by atoms with E-state index in [1.807, 2.05) is 17.9 Å². The molecule has 0 unspecified atom stereocenters. The minimum absolute atomic E-state index is 0.0262. The Balaban J connectivity index is 2.80. The van der Waals surface area contributed by atoms with Crippen molar-refractivity contribution in [2.45, 2.75) is 53.1 Å². The van der Waals surface area contributed by atoms with E-state index in [1.165, 1.54) is 11.1 Å². The van der Waals surface area contributed by atoms with Crippen LogP contribution in [0.2, 0.25) is 0 Å². The Kier molecular flexibility index (Phi) is 7.04. The van der Waals surface area contributed by atoms with Gasteiger partial charge < -0.3 is 10.4 Å². The van der Waals surface area contributed by atoms with Crippen LogP contribution in [-0.2, 0) is 17.6 Å². The molecule has 0 heterocycles. The Morgan fingerprint density at radius 2 is 1.73 bits per heavy atom. The Morgan fingerprint density at radius 3 is 2.14 bits per heavy atom. The first-order chi connectivity index (χ1) is 10.3. The van der Waals surface area contributed by atoms with Crippen LogP contribution in [0.5, 0.6) is 0 Å². The van der Waals surface area contributed by atoms with Crippen LogP contribution >= 0.6 is 0 Å². The minimum atomic E-state index is -0.799. The number of aryl methyl sites for hydroxylation is 2. The lowest BCUT2D eigenvalue weighted by Crippen LogP contribution is -2.42. The lowest BCUT2D eigenvalue weighted by atomic mass is 10.0. The van der Waals surface area contributed by atoms with Crippen LogP contribution in [0.1, 0.15) is 45.7 Å². The van der Waals surface area contributed by atoms with Gasteiger partial charge in [-0.3, -0.25) is 9.69 Å². The topological polar surface area (TPSA) is 52.6 Å². The molecule has 0 saturated heterocycles. The normalized spacial score (nSPS) is 11.8. The van der Waals surface area contributed by atoms with Gasteiger partial charge in [0.25, 0.3) is 0 Å². The van der Waals surface area contributed by atoms with E-state index in [0.29, 0.717) is 13.1 Å². The van der Waals surface area contributed by atoms with Gasteiger partial charge in [0.05, 0.1) is 12.1 Å². The lowest BCUT2D eigenvalue weighted by molar-refractivity contribution is -0.117. The zero-order chi connectivity index (χ0) is 16.8. The molecule has 0 saturated carbocycles. The predicted molar refractivity (Wildman–Crippen MR) is 92.2 cm³/mol. The smallest absolute Gasteiger partial charge is 0.238 e. The largest absolute Gasteiger partial charge is 0.389 e. The van der Waals surface area contributed by atoms with E-state index in [-0.39, 0.29) is 5.91 Å². The van der Waals surface area contributed by atoms with Crippen molar-refractivity contribution in [2.75, 3.05) is 25.0 Å². The third-order valence-electron chi connectivity index (χ3n) is 3.69. The van der Waals surface area contributed by atoms with Crippen LogP contribution < -0.4 is 5.32 Å². The van der Waals surface area contributed by atoms with Gasteiger partial charge >= 0.3 is 0 Å². The highest BCUT2D eigenvalue weighted by Crippen LogP contribution is 2.22. The second kappa shape index (κ2) is 8.30. The van der Waals surface area contributed by atoms with Crippen LogP contribution in [-0.4, -0.2) is 41.1 Å². The second-order valence-corrected chi connectivity index (χ2v) is 6.32. The lowest BCUT2D eigenvalue weighted by Gasteiger charge is -2.27. The minimum Gasteiger partial charge on any atom is -0.389 e. The van der Waals surface area contributed by atoms with Gasteiger partial charge in [0.1, 0.15) is 0 Å². The summed E-state index contributed by atoms with van der Waals surface area (Å²) in [5, 5.41) is 13.0. The molecule has 1 rings (SSSR count). The monoisotopic (exact) mass is 306 g/mol. The molecular formula is C18H30N2O2. The SMILES string of the molecule is CCc1cccc(CC)c1NC(=O)CN(CC)CC(C)(C)O. The highest BCUT2D eigenvalue weighted by Gasteiger charge is 2.19. The molecule has 0 bridgehead atoms. The number of nitrogens with one attached hydrogen (secondary N) is 1. The summed E-state index contributed by atoms with van der Waals surface area (Å²) in [6.45, 7) is 11.2. The molecule has 4 heteroatoms. The van der Waals surface area contributed by atoms with Gasteiger partial charge in [0.15, 0.2) is 0 Å². The number of carbonyl (C=O) groups excluding carboxylic acids is 1. The number of carbonyl (C=O) groups is 1. The summed E-state index contributed by atoms with van der Waals surface area (Å²) in [6, 6.07) is 6.16. The first kappa shape index (κ1) is 18.7. The molecule has 1 aromatic carbocycles. The fourth-order valence-electron chi connectivity index (χ4n) is 2.61. The maximum atomic E-state index is 12.4. The third-order valence-corrected chi connectivity index (χ3v) is 3.69. The van der Waals surface area contributed by atoms with Crippen molar-refractivity contribution in [3.8, 4) is 0 Å². The molecule has 4 nitrogen and oxygen atoms in total. The fourth-order valence-corrected chi connectivity index (χ4v) is 2.61. The molecule has 0 aliphatic heterocycles. The molecule has 1 aromatic rings. The number of nitrogens with zero attached hydrogens (tertiary/aromatic N) is 1. The van der Waals surface area contributed by atoms with Crippen molar-refractivity contribution >= 4 is 11.6 Å². The van der Waals surface area contributed by atoms with Gasteiger partial charge in [0, 0.05) is 12.2 Å². The van der Waals surface area contributed by atoms with Gasteiger partial charge in [-0.15, -0.1) is 0 Å². The summed E-state index contributed by atoms with van der Waals surface area (Å²) in [7, 11) is 0. The van der Waals surface area contributed by atoms with Crippen molar-refractivity contribution in [1.82, 2.24) is 4.90 Å². The number of rotatable bonds is 8. The summed E-state index contributed by atoms with van der Waals surface area (Å²) in [4.78, 5) is 14.3. The zero-order valence-electron chi connectivity index (χ0n) is 14.6. The summed E-state index contributed by atoms with van der Waals surface area (Å²) in [6.07, 6.45) is 1.79. The highest BCUT2D eigenvalue weighted by molar-refractivity contribution is 5.93. The number of amides is 1. The summed E-state index contributed by atoms with van der Waals surface area (Å²) >= 11 is 0. The number of hydrogen-bond acceptors (Lipinski definition) is 3. The van der Waals surface area contributed by atoms with E-state index in [1.54, 1.807) is 13.8 Å².